The summed E-state index contributed by atoms with van der Waals surface area (Å²) in [5, 5.41) is 12.5. The maximum atomic E-state index is 14.1. The van der Waals surface area contributed by atoms with Gasteiger partial charge in [-0.25, -0.2) is 9.59 Å². The largest absolute Gasteiger partial charge is 0.493 e. The molecule has 2 bridgehead atoms. The minimum absolute atomic E-state index is 0.182. The quantitative estimate of drug-likeness (QED) is 0.310. The van der Waals surface area contributed by atoms with Crippen molar-refractivity contribution in [1.82, 2.24) is 4.90 Å². The standard InChI is InChI=1S/C36H41NO11/c1-20(38)44-25(19-27(39)48-34(2,3)4)32(40)47-29(21-10-8-7-9-11-21)33(41)45-24-14-15-36(42)26-18-22-12-13-23(43-6)30-28(22)35(36,31(24)46-30)16-17-37(26)5/h7-14,25-26,29,31,42H,15-19H2,1-6H3/t25-,26-,29-,31-,35-,36+/m0/s1. The van der Waals surface area contributed by atoms with Crippen LogP contribution in [0.2, 0.25) is 0 Å². The summed E-state index contributed by atoms with van der Waals surface area (Å²) in [5.41, 5.74) is -0.778. The molecule has 12 heteroatoms. The van der Waals surface area contributed by atoms with Crippen molar-refractivity contribution >= 4 is 23.9 Å². The van der Waals surface area contributed by atoms with Crippen molar-refractivity contribution in [3.63, 3.8) is 0 Å². The number of methoxy groups -OCH3 is 1. The van der Waals surface area contributed by atoms with E-state index in [4.69, 9.17) is 28.4 Å². The Balaban J connectivity index is 1.31. The maximum absolute atomic E-state index is 14.1. The highest BCUT2D eigenvalue weighted by Gasteiger charge is 2.72. The highest BCUT2D eigenvalue weighted by molar-refractivity contribution is 5.87. The average molecular weight is 664 g/mol. The van der Waals surface area contributed by atoms with E-state index in [1.54, 1.807) is 64.3 Å². The average Bonchev–Trinajstić information content (AvgIpc) is 3.38. The van der Waals surface area contributed by atoms with Crippen molar-refractivity contribution < 1.29 is 52.7 Å². The van der Waals surface area contributed by atoms with Crippen LogP contribution in [0, 0.1) is 0 Å². The minimum Gasteiger partial charge on any atom is -0.493 e. The number of carbonyl (C=O) groups excluding carboxylic acids is 4. The van der Waals surface area contributed by atoms with E-state index >= 15 is 0 Å². The number of aliphatic hydroxyl groups is 1. The molecule has 48 heavy (non-hydrogen) atoms. The predicted molar refractivity (Wildman–Crippen MR) is 169 cm³/mol. The molecule has 0 aromatic heterocycles. The van der Waals surface area contributed by atoms with Crippen LogP contribution < -0.4 is 9.47 Å². The highest BCUT2D eigenvalue weighted by Crippen LogP contribution is 2.65. The Kier molecular flexibility index (Phi) is 8.53. The molecule has 12 nitrogen and oxygen atoms in total. The number of ether oxygens (including phenoxy) is 6. The van der Waals surface area contributed by atoms with E-state index in [1.165, 1.54) is 0 Å². The number of likely N-dealkylation sites (tertiary alicyclic amines) is 1. The molecule has 1 spiro atoms. The molecule has 6 rings (SSSR count). The molecular formula is C36H41NO11. The van der Waals surface area contributed by atoms with E-state index in [0.29, 0.717) is 30.9 Å². The molecule has 6 atom stereocenters. The number of rotatable bonds is 9. The maximum Gasteiger partial charge on any atom is 0.357 e. The van der Waals surface area contributed by atoms with Crippen molar-refractivity contribution in [1.29, 1.82) is 0 Å². The van der Waals surface area contributed by atoms with Gasteiger partial charge in [0.05, 0.1) is 24.5 Å². The first-order valence-electron chi connectivity index (χ1n) is 16.0. The molecule has 1 saturated heterocycles. The molecule has 2 heterocycles. The highest BCUT2D eigenvalue weighted by atomic mass is 16.6. The van der Waals surface area contributed by atoms with Gasteiger partial charge in [-0.15, -0.1) is 0 Å². The number of piperidine rings is 1. The lowest BCUT2D eigenvalue weighted by atomic mass is 9.50. The van der Waals surface area contributed by atoms with Crippen molar-refractivity contribution in [3.05, 3.63) is 71.0 Å². The lowest BCUT2D eigenvalue weighted by molar-refractivity contribution is -0.184. The van der Waals surface area contributed by atoms with Crippen molar-refractivity contribution in [2.45, 2.75) is 94.3 Å². The van der Waals surface area contributed by atoms with Gasteiger partial charge >= 0.3 is 23.9 Å². The second kappa shape index (κ2) is 12.2. The van der Waals surface area contributed by atoms with Crippen LogP contribution in [-0.4, -0.2) is 84.0 Å². The molecule has 2 aromatic rings. The van der Waals surface area contributed by atoms with Gasteiger partial charge in [-0.1, -0.05) is 36.4 Å². The van der Waals surface area contributed by atoms with Crippen molar-refractivity contribution in [3.8, 4) is 11.5 Å². The van der Waals surface area contributed by atoms with Crippen LogP contribution >= 0.6 is 0 Å². The summed E-state index contributed by atoms with van der Waals surface area (Å²) in [6, 6.07) is 11.9. The second-order valence-electron chi connectivity index (χ2n) is 13.8. The van der Waals surface area contributed by atoms with Gasteiger partial charge in [-0.3, -0.25) is 9.59 Å². The molecule has 0 amide bonds. The smallest absolute Gasteiger partial charge is 0.357 e. The van der Waals surface area contributed by atoms with Gasteiger partial charge in [0.25, 0.3) is 0 Å². The Morgan fingerprint density at radius 1 is 1.06 bits per heavy atom. The third kappa shape index (κ3) is 5.60. The van der Waals surface area contributed by atoms with Crippen LogP contribution in [0.3, 0.4) is 0 Å². The van der Waals surface area contributed by atoms with Gasteiger partial charge in [-0.05, 0) is 64.9 Å². The first-order valence-corrected chi connectivity index (χ1v) is 16.0. The summed E-state index contributed by atoms with van der Waals surface area (Å²) < 4.78 is 34.4. The van der Waals surface area contributed by atoms with E-state index in [9.17, 15) is 24.3 Å². The van der Waals surface area contributed by atoms with Crippen molar-refractivity contribution in [2.24, 2.45) is 0 Å². The zero-order chi connectivity index (χ0) is 34.6. The third-order valence-electron chi connectivity index (χ3n) is 9.67. The summed E-state index contributed by atoms with van der Waals surface area (Å²) >= 11 is 0. The van der Waals surface area contributed by atoms with Gasteiger partial charge in [0.15, 0.2) is 17.6 Å². The van der Waals surface area contributed by atoms with E-state index in [1.807, 2.05) is 19.2 Å². The SMILES string of the molecule is COc1ccc2c3c1O[C@H]1C(OC(=O)[C@@H](OC(=O)[C@H](CC(=O)OC(C)(C)C)OC(C)=O)c4ccccc4)=CC[C@@]4(O)[C@H](C2)N(C)CC[C@]314. The monoisotopic (exact) mass is 663 g/mol. The summed E-state index contributed by atoms with van der Waals surface area (Å²) in [6.45, 7) is 6.76. The Morgan fingerprint density at radius 2 is 1.79 bits per heavy atom. The fourth-order valence-corrected chi connectivity index (χ4v) is 7.74. The number of likely N-dealkylation sites (N-methyl/N-ethyl adjacent to an activating group) is 1. The molecule has 256 valence electrons. The summed E-state index contributed by atoms with van der Waals surface area (Å²) in [4.78, 5) is 54.1. The molecule has 1 fully saturated rings. The molecule has 2 aromatic carbocycles. The fraction of sp³-hybridized carbons (Fsp3) is 0.500. The molecule has 0 radical (unpaired) electrons. The molecule has 2 aliphatic carbocycles. The number of benzene rings is 2. The molecular weight excluding hydrogens is 622 g/mol. The van der Waals surface area contributed by atoms with Gasteiger partial charge in [0.2, 0.25) is 12.2 Å². The first kappa shape index (κ1) is 33.5. The summed E-state index contributed by atoms with van der Waals surface area (Å²) in [6.07, 6.45) is -1.72. The van der Waals surface area contributed by atoms with Crippen LogP contribution in [0.5, 0.6) is 11.5 Å². The topological polar surface area (TPSA) is 147 Å². The fourth-order valence-electron chi connectivity index (χ4n) is 7.74. The van der Waals surface area contributed by atoms with Crippen LogP contribution in [0.25, 0.3) is 0 Å². The Hall–Kier alpha value is -4.42. The Labute approximate surface area is 278 Å². The third-order valence-corrected chi connectivity index (χ3v) is 9.67. The number of nitrogens with zero attached hydrogens (tertiary/aromatic N) is 1. The van der Waals surface area contributed by atoms with E-state index in [2.05, 4.69) is 4.90 Å². The molecule has 1 N–H and O–H groups in total. The lowest BCUT2D eigenvalue weighted by Gasteiger charge is -2.61. The van der Waals surface area contributed by atoms with Crippen molar-refractivity contribution in [2.75, 3.05) is 20.7 Å². The second-order valence-corrected chi connectivity index (χ2v) is 13.8. The zero-order valence-electron chi connectivity index (χ0n) is 27.9. The van der Waals surface area contributed by atoms with Crippen LogP contribution in [0.4, 0.5) is 0 Å². The minimum atomic E-state index is -1.67. The van der Waals surface area contributed by atoms with E-state index in [0.717, 1.165) is 18.1 Å². The zero-order valence-corrected chi connectivity index (χ0v) is 27.9. The number of esters is 4. The molecule has 2 aliphatic heterocycles. The number of hydrogen-bond donors (Lipinski definition) is 1. The van der Waals surface area contributed by atoms with Crippen LogP contribution in [0.1, 0.15) is 69.8 Å². The number of hydrogen-bond acceptors (Lipinski definition) is 12. The van der Waals surface area contributed by atoms with Gasteiger partial charge in [0.1, 0.15) is 11.4 Å². The predicted octanol–water partition coefficient (Wildman–Crippen LogP) is 3.46. The van der Waals surface area contributed by atoms with E-state index < -0.39 is 65.2 Å². The van der Waals surface area contributed by atoms with Crippen LogP contribution in [-0.2, 0) is 50.0 Å². The van der Waals surface area contributed by atoms with E-state index in [-0.39, 0.29) is 23.8 Å². The van der Waals surface area contributed by atoms with Crippen LogP contribution in [0.15, 0.2) is 54.3 Å². The molecule has 0 unspecified atom stereocenters. The van der Waals surface area contributed by atoms with Gasteiger partial charge < -0.3 is 38.4 Å². The normalized spacial score (nSPS) is 26.5. The lowest BCUT2D eigenvalue weighted by Crippen LogP contribution is -2.74. The number of carbonyl (C=O) groups is 4. The summed E-state index contributed by atoms with van der Waals surface area (Å²) in [5.74, 6) is -2.47. The summed E-state index contributed by atoms with van der Waals surface area (Å²) in [7, 11) is 3.55. The molecule has 0 saturated carbocycles. The Morgan fingerprint density at radius 3 is 2.46 bits per heavy atom. The first-order chi connectivity index (χ1) is 22.7. The van der Waals surface area contributed by atoms with Gasteiger partial charge in [-0.2, -0.15) is 0 Å². The van der Waals surface area contributed by atoms with Gasteiger partial charge in [0, 0.05) is 30.5 Å². The molecule has 4 aliphatic rings. The Bertz CT molecular complexity index is 1660.